The van der Waals surface area contributed by atoms with E-state index in [1.165, 1.54) is 12.1 Å². The molecular formula is C25H25Cl2N5O4. The number of carboxylic acids is 1. The summed E-state index contributed by atoms with van der Waals surface area (Å²) in [5.74, 6) is -1.85. The molecule has 0 unspecified atom stereocenters. The lowest BCUT2D eigenvalue weighted by Crippen LogP contribution is -2.42. The van der Waals surface area contributed by atoms with Crippen molar-refractivity contribution in [2.75, 3.05) is 0 Å². The van der Waals surface area contributed by atoms with Gasteiger partial charge in [0, 0.05) is 18.8 Å². The first-order valence-electron chi connectivity index (χ1n) is 11.2. The summed E-state index contributed by atoms with van der Waals surface area (Å²) in [5, 5.41) is 23.2. The molecule has 1 aliphatic carbocycles. The van der Waals surface area contributed by atoms with Crippen molar-refractivity contribution in [2.24, 2.45) is 16.6 Å². The van der Waals surface area contributed by atoms with Crippen LogP contribution in [0.3, 0.4) is 0 Å². The summed E-state index contributed by atoms with van der Waals surface area (Å²) in [4.78, 5) is 41.3. The zero-order valence-corrected chi connectivity index (χ0v) is 20.7. The Morgan fingerprint density at radius 2 is 1.75 bits per heavy atom. The number of nitriles is 1. The number of nitrogens with two attached hydrogens (primary N) is 1. The van der Waals surface area contributed by atoms with Gasteiger partial charge in [-0.25, -0.2) is 9.79 Å². The molecule has 3 atom stereocenters. The predicted molar refractivity (Wildman–Crippen MR) is 136 cm³/mol. The highest BCUT2D eigenvalue weighted by Gasteiger charge is 2.30. The van der Waals surface area contributed by atoms with Gasteiger partial charge in [0.15, 0.2) is 6.19 Å². The third-order valence-corrected chi connectivity index (χ3v) is 6.63. The Hall–Kier alpha value is -3.61. The fraction of sp³-hybridized carbons (Fsp3) is 0.320. The highest BCUT2D eigenvalue weighted by atomic mass is 35.5. The molecule has 1 amide bonds. The van der Waals surface area contributed by atoms with Crippen molar-refractivity contribution in [1.29, 1.82) is 5.26 Å². The highest BCUT2D eigenvalue weighted by Crippen LogP contribution is 2.29. The number of benzene rings is 2. The lowest BCUT2D eigenvalue weighted by atomic mass is 9.95. The highest BCUT2D eigenvalue weighted by molar-refractivity contribution is 6.39. The Labute approximate surface area is 218 Å². The van der Waals surface area contributed by atoms with E-state index in [1.54, 1.807) is 36.5 Å². The molecule has 5 N–H and O–H groups in total. The van der Waals surface area contributed by atoms with Crippen LogP contribution in [-0.4, -0.2) is 40.8 Å². The minimum atomic E-state index is -1.20. The van der Waals surface area contributed by atoms with Crippen LogP contribution in [0.4, 0.5) is 0 Å². The number of hydrogen-bond acceptors (Lipinski definition) is 5. The van der Waals surface area contributed by atoms with E-state index in [1.807, 2.05) is 0 Å². The second-order valence-electron chi connectivity index (χ2n) is 8.54. The van der Waals surface area contributed by atoms with E-state index in [2.05, 4.69) is 15.6 Å². The first-order chi connectivity index (χ1) is 17.2. The fourth-order valence-electron chi connectivity index (χ4n) is 4.17. The minimum Gasteiger partial charge on any atom is -0.480 e. The zero-order chi connectivity index (χ0) is 26.2. The first kappa shape index (κ1) is 27.0. The summed E-state index contributed by atoms with van der Waals surface area (Å²) >= 11 is 12.1. The van der Waals surface area contributed by atoms with Gasteiger partial charge in [0.05, 0.1) is 21.7 Å². The Kier molecular flexibility index (Phi) is 9.28. The molecule has 0 radical (unpaired) electrons. The average molecular weight is 530 g/mol. The van der Waals surface area contributed by atoms with Crippen LogP contribution in [0.15, 0.2) is 47.5 Å². The Morgan fingerprint density at radius 1 is 1.11 bits per heavy atom. The summed E-state index contributed by atoms with van der Waals surface area (Å²) in [7, 11) is 0. The summed E-state index contributed by atoms with van der Waals surface area (Å²) in [6.07, 6.45) is 4.02. The second-order valence-corrected chi connectivity index (χ2v) is 9.35. The van der Waals surface area contributed by atoms with Crippen molar-refractivity contribution in [3.8, 4) is 6.19 Å². The molecule has 2 aromatic carbocycles. The van der Waals surface area contributed by atoms with Gasteiger partial charge in [0.25, 0.3) is 5.91 Å². The SMILES string of the molecule is N#CNC(N)=N[C@@H]1CC[C@H](C(=O)Cc2ccc(C[C@H](NC(=O)c3c(Cl)cccc3Cl)C(=O)O)cc2)C1. The number of Topliss-reactive ketones (excluding diaryl/α,β-unsaturated/α-hetero) is 1. The number of guanidine groups is 1. The molecule has 36 heavy (non-hydrogen) atoms. The van der Waals surface area contributed by atoms with Crippen molar-refractivity contribution in [1.82, 2.24) is 10.6 Å². The largest absolute Gasteiger partial charge is 0.480 e. The third kappa shape index (κ3) is 7.20. The van der Waals surface area contributed by atoms with Gasteiger partial charge in [-0.05, 0) is 42.5 Å². The van der Waals surface area contributed by atoms with E-state index in [-0.39, 0.29) is 52.2 Å². The van der Waals surface area contributed by atoms with Crippen LogP contribution in [0.2, 0.25) is 10.0 Å². The molecule has 3 rings (SSSR count). The number of ketones is 1. The fourth-order valence-corrected chi connectivity index (χ4v) is 4.74. The van der Waals surface area contributed by atoms with E-state index < -0.39 is 17.9 Å². The third-order valence-electron chi connectivity index (χ3n) is 6.00. The smallest absolute Gasteiger partial charge is 0.326 e. The number of carboxylic acid groups (broad SMARTS) is 1. The Morgan fingerprint density at radius 3 is 2.36 bits per heavy atom. The standard InChI is InChI=1S/C25H25Cl2N5O4/c26-18-2-1-3-19(27)22(18)23(34)32-20(24(35)36)10-14-4-6-15(7-5-14)11-21(33)16-8-9-17(12-16)31-25(29)30-13-28/h1-7,16-17,20H,8-12H2,(H,32,34)(H,35,36)(H3,29,30,31)/t16-,17+,20-/m0/s1. The molecular weight excluding hydrogens is 505 g/mol. The van der Waals surface area contributed by atoms with E-state index in [9.17, 15) is 19.5 Å². The van der Waals surface area contributed by atoms with Crippen molar-refractivity contribution >= 4 is 46.8 Å². The first-order valence-corrected chi connectivity index (χ1v) is 12.0. The molecule has 0 spiro atoms. The topological polar surface area (TPSA) is 158 Å². The maximum absolute atomic E-state index is 12.7. The number of nitrogens with one attached hydrogen (secondary N) is 2. The van der Waals surface area contributed by atoms with Gasteiger partial charge < -0.3 is 16.2 Å². The summed E-state index contributed by atoms with van der Waals surface area (Å²) in [6, 6.07) is 10.3. The van der Waals surface area contributed by atoms with Gasteiger partial charge in [0.2, 0.25) is 5.96 Å². The van der Waals surface area contributed by atoms with Crippen LogP contribution in [0.1, 0.15) is 40.7 Å². The van der Waals surface area contributed by atoms with Crippen molar-refractivity contribution in [2.45, 2.75) is 44.2 Å². The molecule has 0 heterocycles. The molecule has 1 fully saturated rings. The average Bonchev–Trinajstić information content (AvgIpc) is 3.28. The maximum Gasteiger partial charge on any atom is 0.326 e. The minimum absolute atomic E-state index is 0.0183. The van der Waals surface area contributed by atoms with E-state index in [0.29, 0.717) is 18.4 Å². The van der Waals surface area contributed by atoms with Gasteiger partial charge in [-0.3, -0.25) is 14.9 Å². The molecule has 0 aliphatic heterocycles. The van der Waals surface area contributed by atoms with Gasteiger partial charge >= 0.3 is 5.97 Å². The van der Waals surface area contributed by atoms with Gasteiger partial charge in [-0.1, -0.05) is 53.5 Å². The lowest BCUT2D eigenvalue weighted by molar-refractivity contribution is -0.139. The molecule has 1 saturated carbocycles. The van der Waals surface area contributed by atoms with Gasteiger partial charge in [-0.15, -0.1) is 0 Å². The van der Waals surface area contributed by atoms with E-state index in [0.717, 1.165) is 12.0 Å². The zero-order valence-electron chi connectivity index (χ0n) is 19.2. The molecule has 11 heteroatoms. The predicted octanol–water partition coefficient (Wildman–Crippen LogP) is 3.08. The van der Waals surface area contributed by atoms with Crippen molar-refractivity contribution in [3.05, 3.63) is 69.2 Å². The van der Waals surface area contributed by atoms with Crippen LogP contribution in [-0.2, 0) is 22.4 Å². The summed E-state index contributed by atoms with van der Waals surface area (Å²) < 4.78 is 0. The van der Waals surface area contributed by atoms with Crippen LogP contribution in [0.25, 0.3) is 0 Å². The van der Waals surface area contributed by atoms with Crippen LogP contribution in [0, 0.1) is 17.4 Å². The molecule has 188 valence electrons. The van der Waals surface area contributed by atoms with Crippen LogP contribution in [0.5, 0.6) is 0 Å². The monoisotopic (exact) mass is 529 g/mol. The normalized spacial score (nSPS) is 18.2. The number of aliphatic carboxylic acids is 1. The molecule has 1 aliphatic rings. The number of rotatable bonds is 9. The number of aliphatic imine (C=N–C) groups is 1. The number of hydrogen-bond donors (Lipinski definition) is 4. The van der Waals surface area contributed by atoms with E-state index in [4.69, 9.17) is 34.2 Å². The lowest BCUT2D eigenvalue weighted by Gasteiger charge is -2.16. The summed E-state index contributed by atoms with van der Waals surface area (Å²) in [6.45, 7) is 0. The number of carbonyl (C=O) groups excluding carboxylic acids is 2. The van der Waals surface area contributed by atoms with Crippen molar-refractivity contribution in [3.63, 3.8) is 0 Å². The number of carbonyl (C=O) groups is 3. The molecule has 2 aromatic rings. The molecule has 0 aromatic heterocycles. The number of amides is 1. The Bertz CT molecular complexity index is 1190. The van der Waals surface area contributed by atoms with Crippen LogP contribution >= 0.6 is 23.2 Å². The van der Waals surface area contributed by atoms with E-state index >= 15 is 0 Å². The number of halogens is 2. The number of nitrogens with zero attached hydrogens (tertiary/aromatic N) is 2. The quantitative estimate of drug-likeness (QED) is 0.168. The molecule has 0 saturated heterocycles. The molecule has 0 bridgehead atoms. The molecule has 9 nitrogen and oxygen atoms in total. The van der Waals surface area contributed by atoms with Crippen LogP contribution < -0.4 is 16.4 Å². The Balaban J connectivity index is 1.58. The van der Waals surface area contributed by atoms with Gasteiger partial charge in [0.1, 0.15) is 11.8 Å². The second kappa shape index (κ2) is 12.4. The maximum atomic E-state index is 12.7. The van der Waals surface area contributed by atoms with Crippen molar-refractivity contribution < 1.29 is 19.5 Å². The van der Waals surface area contributed by atoms with Gasteiger partial charge in [-0.2, -0.15) is 5.26 Å². The summed E-state index contributed by atoms with van der Waals surface area (Å²) in [5.41, 5.74) is 7.11.